The Bertz CT molecular complexity index is 506. The standard InChI is InChI=1S/C22H34O4/c23-19(16-8-4-3-5-9-16)13-12-18-17(20-14-15-21(18)26-20)10-6-1-2-7-11-22(24)25/h1,6,12-13,16-21,23H,2-5,7-11,14-15H2,(H,24,25)/b6-1-,13-12+/t17-,18-,19+,20-,21-/m0/s1. The van der Waals surface area contributed by atoms with Crippen molar-refractivity contribution in [2.45, 2.75) is 88.9 Å². The van der Waals surface area contributed by atoms with Crippen molar-refractivity contribution in [3.05, 3.63) is 24.3 Å². The van der Waals surface area contributed by atoms with E-state index in [0.29, 0.717) is 36.4 Å². The van der Waals surface area contributed by atoms with Crippen LogP contribution in [-0.4, -0.2) is 34.5 Å². The van der Waals surface area contributed by atoms with Gasteiger partial charge in [-0.2, -0.15) is 0 Å². The maximum absolute atomic E-state index is 10.5. The van der Waals surface area contributed by atoms with Gasteiger partial charge in [0.25, 0.3) is 0 Å². The number of rotatable bonds is 9. The number of hydrogen-bond acceptors (Lipinski definition) is 3. The molecule has 0 spiro atoms. The average molecular weight is 363 g/mol. The Morgan fingerprint density at radius 1 is 1.08 bits per heavy atom. The lowest BCUT2D eigenvalue weighted by Crippen LogP contribution is -2.26. The van der Waals surface area contributed by atoms with Crippen LogP contribution in [0.2, 0.25) is 0 Å². The summed E-state index contributed by atoms with van der Waals surface area (Å²) >= 11 is 0. The third-order valence-corrected chi connectivity index (χ3v) is 6.49. The van der Waals surface area contributed by atoms with Crippen LogP contribution in [0.3, 0.4) is 0 Å². The van der Waals surface area contributed by atoms with Gasteiger partial charge in [0.05, 0.1) is 18.3 Å². The zero-order chi connectivity index (χ0) is 18.4. The topological polar surface area (TPSA) is 66.8 Å². The van der Waals surface area contributed by atoms with Crippen LogP contribution in [0.25, 0.3) is 0 Å². The van der Waals surface area contributed by atoms with Crippen LogP contribution in [0.15, 0.2) is 24.3 Å². The van der Waals surface area contributed by atoms with Gasteiger partial charge in [-0.1, -0.05) is 43.6 Å². The molecule has 0 unspecified atom stereocenters. The molecule has 0 aromatic rings. The van der Waals surface area contributed by atoms with Crippen LogP contribution in [0.4, 0.5) is 0 Å². The highest BCUT2D eigenvalue weighted by Crippen LogP contribution is 2.46. The molecular weight excluding hydrogens is 328 g/mol. The Kier molecular flexibility index (Phi) is 7.32. The van der Waals surface area contributed by atoms with Gasteiger partial charge >= 0.3 is 5.97 Å². The minimum atomic E-state index is -0.721. The van der Waals surface area contributed by atoms with Gasteiger partial charge in [0.2, 0.25) is 0 Å². The van der Waals surface area contributed by atoms with E-state index < -0.39 is 5.97 Å². The fourth-order valence-corrected chi connectivity index (χ4v) is 5.00. The van der Waals surface area contributed by atoms with E-state index in [1.54, 1.807) is 0 Å². The SMILES string of the molecule is O=C(O)CCC/C=C\C[C@H]1[C@H](/C=C/[C@@H](O)C2CCCCC2)[C@@H]2CC[C@@H]1O2. The number of fused-ring (bicyclic) bond motifs is 2. The highest BCUT2D eigenvalue weighted by atomic mass is 16.5. The molecule has 2 bridgehead atoms. The van der Waals surface area contributed by atoms with Crippen molar-refractivity contribution in [1.82, 2.24) is 0 Å². The van der Waals surface area contributed by atoms with Crippen LogP contribution < -0.4 is 0 Å². The molecule has 2 saturated heterocycles. The van der Waals surface area contributed by atoms with Gasteiger partial charge in [0.1, 0.15) is 0 Å². The van der Waals surface area contributed by atoms with E-state index in [4.69, 9.17) is 9.84 Å². The molecule has 4 heteroatoms. The maximum Gasteiger partial charge on any atom is 0.303 e. The molecule has 3 fully saturated rings. The summed E-state index contributed by atoms with van der Waals surface area (Å²) < 4.78 is 6.14. The number of unbranched alkanes of at least 4 members (excludes halogenated alkanes) is 1. The smallest absolute Gasteiger partial charge is 0.303 e. The van der Waals surface area contributed by atoms with Crippen molar-refractivity contribution >= 4 is 5.97 Å². The number of carboxylic acid groups (broad SMARTS) is 1. The lowest BCUT2D eigenvalue weighted by molar-refractivity contribution is -0.137. The first kappa shape index (κ1) is 19.6. The number of aliphatic hydroxyl groups is 1. The van der Waals surface area contributed by atoms with Crippen LogP contribution in [0.5, 0.6) is 0 Å². The lowest BCUT2D eigenvalue weighted by Gasteiger charge is -2.27. The normalized spacial score (nSPS) is 33.4. The maximum atomic E-state index is 10.5. The Hall–Kier alpha value is -1.13. The first-order valence-electron chi connectivity index (χ1n) is 10.5. The summed E-state index contributed by atoms with van der Waals surface area (Å²) in [5.74, 6) is 0.628. The predicted octanol–water partition coefficient (Wildman–Crippen LogP) is 4.48. The fraction of sp³-hybridized carbons (Fsp3) is 0.773. The highest BCUT2D eigenvalue weighted by Gasteiger charge is 2.46. The quantitative estimate of drug-likeness (QED) is 0.469. The Morgan fingerprint density at radius 3 is 2.62 bits per heavy atom. The molecule has 1 aliphatic carbocycles. The first-order chi connectivity index (χ1) is 12.6. The van der Waals surface area contributed by atoms with Crippen molar-refractivity contribution in [3.63, 3.8) is 0 Å². The summed E-state index contributed by atoms with van der Waals surface area (Å²) in [6, 6.07) is 0. The molecule has 146 valence electrons. The third kappa shape index (κ3) is 5.20. The minimum Gasteiger partial charge on any atom is -0.481 e. The van der Waals surface area contributed by atoms with Gasteiger partial charge in [-0.25, -0.2) is 0 Å². The second kappa shape index (κ2) is 9.70. The number of ether oxygens (including phenoxy) is 1. The monoisotopic (exact) mass is 362 g/mol. The largest absolute Gasteiger partial charge is 0.481 e. The molecule has 0 radical (unpaired) electrons. The Balaban J connectivity index is 1.49. The van der Waals surface area contributed by atoms with Crippen molar-refractivity contribution < 1.29 is 19.7 Å². The second-order valence-electron chi connectivity index (χ2n) is 8.30. The number of hydrogen-bond donors (Lipinski definition) is 2. The number of carbonyl (C=O) groups is 1. The van der Waals surface area contributed by atoms with E-state index >= 15 is 0 Å². The Labute approximate surface area is 157 Å². The van der Waals surface area contributed by atoms with Crippen molar-refractivity contribution in [2.24, 2.45) is 17.8 Å². The van der Waals surface area contributed by atoms with E-state index in [-0.39, 0.29) is 12.5 Å². The number of aliphatic carboxylic acids is 1. The molecule has 26 heavy (non-hydrogen) atoms. The summed E-state index contributed by atoms with van der Waals surface area (Å²) in [6.07, 6.45) is 20.2. The van der Waals surface area contributed by atoms with Gasteiger partial charge in [0.15, 0.2) is 0 Å². The van der Waals surface area contributed by atoms with Gasteiger partial charge in [-0.05, 0) is 56.8 Å². The molecule has 1 saturated carbocycles. The molecule has 0 aromatic heterocycles. The van der Waals surface area contributed by atoms with E-state index in [9.17, 15) is 9.90 Å². The summed E-state index contributed by atoms with van der Waals surface area (Å²) in [6.45, 7) is 0. The van der Waals surface area contributed by atoms with E-state index in [2.05, 4.69) is 18.2 Å². The summed E-state index contributed by atoms with van der Waals surface area (Å²) in [7, 11) is 0. The van der Waals surface area contributed by atoms with E-state index in [1.807, 2.05) is 6.08 Å². The number of aliphatic hydroxyl groups excluding tert-OH is 1. The van der Waals surface area contributed by atoms with Crippen molar-refractivity contribution in [1.29, 1.82) is 0 Å². The summed E-state index contributed by atoms with van der Waals surface area (Å²) in [4.78, 5) is 10.5. The van der Waals surface area contributed by atoms with Gasteiger partial charge in [-0.3, -0.25) is 4.79 Å². The van der Waals surface area contributed by atoms with Gasteiger partial charge in [-0.15, -0.1) is 0 Å². The Morgan fingerprint density at radius 2 is 1.85 bits per heavy atom. The molecule has 2 aliphatic heterocycles. The molecule has 3 rings (SSSR count). The number of allylic oxidation sites excluding steroid dienone is 2. The molecule has 0 amide bonds. The van der Waals surface area contributed by atoms with Crippen LogP contribution in [0.1, 0.15) is 70.6 Å². The highest BCUT2D eigenvalue weighted by molar-refractivity contribution is 5.66. The third-order valence-electron chi connectivity index (χ3n) is 6.49. The molecule has 5 atom stereocenters. The van der Waals surface area contributed by atoms with Crippen molar-refractivity contribution in [3.8, 4) is 0 Å². The average Bonchev–Trinajstić information content (AvgIpc) is 3.24. The molecule has 0 aromatic carbocycles. The molecule has 3 aliphatic rings. The van der Waals surface area contributed by atoms with Crippen molar-refractivity contribution in [2.75, 3.05) is 0 Å². The fourth-order valence-electron chi connectivity index (χ4n) is 5.00. The summed E-state index contributed by atoms with van der Waals surface area (Å²) in [5.41, 5.74) is 0. The number of carboxylic acids is 1. The van der Waals surface area contributed by atoms with Crippen LogP contribution in [-0.2, 0) is 9.53 Å². The first-order valence-corrected chi connectivity index (χ1v) is 10.5. The molecule has 2 N–H and O–H groups in total. The van der Waals surface area contributed by atoms with Crippen LogP contribution in [0, 0.1) is 17.8 Å². The van der Waals surface area contributed by atoms with Gasteiger partial charge < -0.3 is 14.9 Å². The zero-order valence-corrected chi connectivity index (χ0v) is 15.8. The second-order valence-corrected chi connectivity index (χ2v) is 8.30. The van der Waals surface area contributed by atoms with E-state index in [1.165, 1.54) is 19.3 Å². The van der Waals surface area contributed by atoms with E-state index in [0.717, 1.165) is 38.5 Å². The molecule has 2 heterocycles. The summed E-state index contributed by atoms with van der Waals surface area (Å²) in [5, 5.41) is 19.2. The van der Waals surface area contributed by atoms with Crippen LogP contribution >= 0.6 is 0 Å². The molecular formula is C22H34O4. The lowest BCUT2D eigenvalue weighted by atomic mass is 9.76. The molecule has 4 nitrogen and oxygen atoms in total. The minimum absolute atomic E-state index is 0.242. The predicted molar refractivity (Wildman–Crippen MR) is 102 cm³/mol. The zero-order valence-electron chi connectivity index (χ0n) is 15.8. The van der Waals surface area contributed by atoms with Gasteiger partial charge in [0, 0.05) is 12.3 Å².